The summed E-state index contributed by atoms with van der Waals surface area (Å²) >= 11 is 1.87. The highest BCUT2D eigenvalue weighted by Crippen LogP contribution is 2.37. The van der Waals surface area contributed by atoms with Gasteiger partial charge in [0, 0.05) is 10.6 Å². The second-order valence-electron chi connectivity index (χ2n) is 8.92. The third-order valence-electron chi connectivity index (χ3n) is 6.28. The number of carbonyl (C=O) groups excluding carboxylic acids is 1. The number of carbonyl (C=O) groups is 1. The van der Waals surface area contributed by atoms with Gasteiger partial charge in [-0.15, -0.1) is 11.8 Å². The van der Waals surface area contributed by atoms with Crippen molar-refractivity contribution in [3.63, 3.8) is 0 Å². The number of nitrogens with one attached hydrogen (secondary N) is 1. The zero-order chi connectivity index (χ0) is 22.7. The highest BCUT2D eigenvalue weighted by molar-refractivity contribution is 7.99. The van der Waals surface area contributed by atoms with E-state index >= 15 is 0 Å². The van der Waals surface area contributed by atoms with E-state index in [0.29, 0.717) is 6.42 Å². The minimum Gasteiger partial charge on any atom is -0.348 e. The Labute approximate surface area is 195 Å². The molecule has 3 N–H and O–H groups in total. The second-order valence-corrected chi connectivity index (χ2v) is 10.1. The highest BCUT2D eigenvalue weighted by Gasteiger charge is 2.25. The molecule has 3 nitrogen and oxygen atoms in total. The number of thioether (sulfide) groups is 1. The molecule has 1 heterocycles. The van der Waals surface area contributed by atoms with E-state index in [4.69, 9.17) is 5.73 Å². The Morgan fingerprint density at radius 2 is 1.75 bits per heavy atom. The van der Waals surface area contributed by atoms with Gasteiger partial charge >= 0.3 is 0 Å². The van der Waals surface area contributed by atoms with E-state index in [0.717, 1.165) is 18.6 Å². The van der Waals surface area contributed by atoms with Gasteiger partial charge in [-0.2, -0.15) is 0 Å². The molecule has 1 amide bonds. The Kier molecular flexibility index (Phi) is 7.02. The molecule has 4 heteroatoms. The summed E-state index contributed by atoms with van der Waals surface area (Å²) in [6.45, 7) is 6.30. The van der Waals surface area contributed by atoms with Crippen LogP contribution in [-0.2, 0) is 17.6 Å². The molecule has 2 unspecified atom stereocenters. The first kappa shape index (κ1) is 22.6. The van der Waals surface area contributed by atoms with E-state index in [-0.39, 0.29) is 11.9 Å². The Balaban J connectivity index is 1.48. The lowest BCUT2D eigenvalue weighted by Crippen LogP contribution is -2.44. The van der Waals surface area contributed by atoms with Crippen LogP contribution >= 0.6 is 11.8 Å². The van der Waals surface area contributed by atoms with Crippen molar-refractivity contribution in [2.45, 2.75) is 57.0 Å². The molecular weight excluding hydrogens is 412 g/mol. The minimum absolute atomic E-state index is 0.0146. The molecule has 0 spiro atoms. The van der Waals surface area contributed by atoms with Crippen LogP contribution in [-0.4, -0.2) is 17.7 Å². The van der Waals surface area contributed by atoms with Crippen LogP contribution in [0, 0.1) is 20.8 Å². The fraction of sp³-hybridized carbons (Fsp3) is 0.321. The number of hydrogen-bond acceptors (Lipinski definition) is 3. The maximum Gasteiger partial charge on any atom is 0.237 e. The molecule has 166 valence electrons. The maximum absolute atomic E-state index is 13.0. The molecule has 0 saturated carbocycles. The molecule has 0 bridgehead atoms. The van der Waals surface area contributed by atoms with Crippen molar-refractivity contribution >= 4 is 17.7 Å². The van der Waals surface area contributed by atoms with Crippen molar-refractivity contribution in [1.29, 1.82) is 0 Å². The summed E-state index contributed by atoms with van der Waals surface area (Å²) in [6, 6.07) is 21.0. The number of rotatable bonds is 6. The summed E-state index contributed by atoms with van der Waals surface area (Å²) in [5.41, 5.74) is 15.0. The first-order valence-electron chi connectivity index (χ1n) is 11.3. The molecule has 0 aliphatic carbocycles. The maximum atomic E-state index is 13.0. The Hall–Kier alpha value is -2.56. The van der Waals surface area contributed by atoms with Gasteiger partial charge in [-0.25, -0.2) is 0 Å². The number of aryl methyl sites for hydroxylation is 3. The van der Waals surface area contributed by atoms with Gasteiger partial charge in [-0.05, 0) is 79.5 Å². The van der Waals surface area contributed by atoms with Crippen LogP contribution in [0.3, 0.4) is 0 Å². The average Bonchev–Trinajstić information content (AvgIpc) is 2.77. The molecular formula is C28H32N2OS. The summed E-state index contributed by atoms with van der Waals surface area (Å²) in [5.74, 6) is 0.933. The van der Waals surface area contributed by atoms with Crippen molar-refractivity contribution in [3.8, 4) is 0 Å². The van der Waals surface area contributed by atoms with Crippen molar-refractivity contribution < 1.29 is 4.79 Å². The zero-order valence-corrected chi connectivity index (χ0v) is 20.0. The third kappa shape index (κ3) is 5.25. The van der Waals surface area contributed by atoms with Crippen LogP contribution in [0.25, 0.3) is 0 Å². The van der Waals surface area contributed by atoms with Crippen molar-refractivity contribution in [1.82, 2.24) is 5.32 Å². The topological polar surface area (TPSA) is 55.1 Å². The fourth-order valence-corrected chi connectivity index (χ4v) is 5.76. The van der Waals surface area contributed by atoms with Crippen LogP contribution in [0.4, 0.5) is 0 Å². The standard InChI is InChI=1S/C28H32N2OS/c1-18-13-19(2)23(20(3)14-18)17-25(29)28(31)30-26-11-12-32-27-10-9-22(16-24(26)27)15-21-7-5-4-6-8-21/h4-10,13-14,16,25-26H,11-12,15,17,29H2,1-3H3,(H,30,31). The molecule has 32 heavy (non-hydrogen) atoms. The Bertz CT molecular complexity index is 1090. The summed E-state index contributed by atoms with van der Waals surface area (Å²) in [7, 11) is 0. The molecule has 1 aliphatic rings. The smallest absolute Gasteiger partial charge is 0.237 e. The highest BCUT2D eigenvalue weighted by atomic mass is 32.2. The minimum atomic E-state index is -0.555. The van der Waals surface area contributed by atoms with Crippen LogP contribution in [0.1, 0.15) is 51.4 Å². The van der Waals surface area contributed by atoms with Gasteiger partial charge in [0.1, 0.15) is 0 Å². The lowest BCUT2D eigenvalue weighted by molar-refractivity contribution is -0.123. The third-order valence-corrected chi connectivity index (χ3v) is 7.41. The van der Waals surface area contributed by atoms with Crippen LogP contribution in [0.5, 0.6) is 0 Å². The summed E-state index contributed by atoms with van der Waals surface area (Å²) < 4.78 is 0. The van der Waals surface area contributed by atoms with Gasteiger partial charge in [0.15, 0.2) is 0 Å². The van der Waals surface area contributed by atoms with Gasteiger partial charge < -0.3 is 11.1 Å². The largest absolute Gasteiger partial charge is 0.348 e. The number of hydrogen-bond donors (Lipinski definition) is 2. The normalized spacial score (nSPS) is 16.3. The predicted molar refractivity (Wildman–Crippen MR) is 134 cm³/mol. The van der Waals surface area contributed by atoms with Gasteiger partial charge in [0.2, 0.25) is 5.91 Å². The first-order valence-corrected chi connectivity index (χ1v) is 12.3. The van der Waals surface area contributed by atoms with Gasteiger partial charge in [-0.3, -0.25) is 4.79 Å². The molecule has 0 aromatic heterocycles. The zero-order valence-electron chi connectivity index (χ0n) is 19.2. The molecule has 3 aromatic carbocycles. The Morgan fingerprint density at radius 3 is 2.47 bits per heavy atom. The van der Waals surface area contributed by atoms with Crippen molar-refractivity contribution in [2.24, 2.45) is 5.73 Å². The molecule has 3 aromatic rings. The molecule has 1 aliphatic heterocycles. The van der Waals surface area contributed by atoms with E-state index < -0.39 is 6.04 Å². The average molecular weight is 445 g/mol. The van der Waals surface area contributed by atoms with Crippen LogP contribution in [0.2, 0.25) is 0 Å². The molecule has 0 radical (unpaired) electrons. The predicted octanol–water partition coefficient (Wildman–Crippen LogP) is 5.43. The van der Waals surface area contributed by atoms with E-state index in [1.54, 1.807) is 0 Å². The summed E-state index contributed by atoms with van der Waals surface area (Å²) in [5, 5.41) is 3.26. The Morgan fingerprint density at radius 1 is 1.03 bits per heavy atom. The van der Waals surface area contributed by atoms with E-state index in [9.17, 15) is 4.79 Å². The molecule has 0 fully saturated rings. The SMILES string of the molecule is Cc1cc(C)c(CC(N)C(=O)NC2CCSc3ccc(Cc4ccccc4)cc32)c(C)c1. The van der Waals surface area contributed by atoms with Gasteiger partial charge in [-0.1, -0.05) is 60.2 Å². The van der Waals surface area contributed by atoms with E-state index in [1.165, 1.54) is 43.8 Å². The van der Waals surface area contributed by atoms with Gasteiger partial charge in [0.05, 0.1) is 12.1 Å². The fourth-order valence-electron chi connectivity index (χ4n) is 4.66. The summed E-state index contributed by atoms with van der Waals surface area (Å²) in [4.78, 5) is 14.3. The van der Waals surface area contributed by atoms with E-state index in [1.807, 2.05) is 17.8 Å². The first-order chi connectivity index (χ1) is 15.4. The van der Waals surface area contributed by atoms with Crippen molar-refractivity contribution in [3.05, 3.63) is 99.6 Å². The van der Waals surface area contributed by atoms with Crippen LogP contribution in [0.15, 0.2) is 65.6 Å². The van der Waals surface area contributed by atoms with Crippen molar-refractivity contribution in [2.75, 3.05) is 5.75 Å². The molecule has 0 saturated heterocycles. The number of amides is 1. The lowest BCUT2D eigenvalue weighted by Gasteiger charge is -2.28. The number of fused-ring (bicyclic) bond motifs is 1. The van der Waals surface area contributed by atoms with Crippen LogP contribution < -0.4 is 11.1 Å². The number of benzene rings is 3. The summed E-state index contributed by atoms with van der Waals surface area (Å²) in [6.07, 6.45) is 2.38. The lowest BCUT2D eigenvalue weighted by atomic mass is 9.94. The molecule has 2 atom stereocenters. The quantitative estimate of drug-likeness (QED) is 0.533. The monoisotopic (exact) mass is 444 g/mol. The second kappa shape index (κ2) is 9.93. The van der Waals surface area contributed by atoms with Gasteiger partial charge in [0.25, 0.3) is 0 Å². The molecule has 4 rings (SSSR count). The van der Waals surface area contributed by atoms with E-state index in [2.05, 4.69) is 80.7 Å². The number of nitrogens with two attached hydrogens (primary N) is 1.